The molecule has 0 aliphatic heterocycles. The summed E-state index contributed by atoms with van der Waals surface area (Å²) >= 11 is -0.190. The maximum atomic E-state index is 9.60. The predicted molar refractivity (Wildman–Crippen MR) is 20.1 cm³/mol. The molecular weight excluding hydrogens is 127 g/mol. The van der Waals surface area contributed by atoms with Crippen LogP contribution in [0.25, 0.3) is 0 Å². The van der Waals surface area contributed by atoms with Gasteiger partial charge in [-0.25, -0.2) is 0 Å². The van der Waals surface area contributed by atoms with Crippen molar-refractivity contribution < 1.29 is 43.1 Å². The predicted octanol–water partition coefficient (Wildman–Crippen LogP) is -2.67. The van der Waals surface area contributed by atoms with E-state index in [0.717, 1.165) is 0 Å². The second kappa shape index (κ2) is 6.78. The SMILES string of the molecule is CC(=O)OS[O-].[Na+]. The molecule has 0 spiro atoms. The second-order valence-electron chi connectivity index (χ2n) is 0.643. The first kappa shape index (κ1) is 10.7. The van der Waals surface area contributed by atoms with Crippen LogP contribution in [-0.2, 0) is 8.98 Å². The zero-order valence-electron chi connectivity index (χ0n) is 4.13. The molecule has 0 aromatic carbocycles. The Labute approximate surface area is 68.1 Å². The van der Waals surface area contributed by atoms with Gasteiger partial charge in [-0.1, -0.05) is 0 Å². The van der Waals surface area contributed by atoms with Crippen LogP contribution in [0.1, 0.15) is 6.92 Å². The molecule has 0 saturated heterocycles. The van der Waals surface area contributed by atoms with Crippen molar-refractivity contribution in [3.63, 3.8) is 0 Å². The maximum Gasteiger partial charge on any atom is 1.00 e. The van der Waals surface area contributed by atoms with Crippen molar-refractivity contribution >= 4 is 18.3 Å². The van der Waals surface area contributed by atoms with Crippen molar-refractivity contribution in [3.05, 3.63) is 0 Å². The van der Waals surface area contributed by atoms with Crippen LogP contribution in [0.3, 0.4) is 0 Å². The van der Waals surface area contributed by atoms with Crippen molar-refractivity contribution in [3.8, 4) is 0 Å². The second-order valence-corrected chi connectivity index (χ2v) is 0.946. The first-order chi connectivity index (χ1) is 2.77. The summed E-state index contributed by atoms with van der Waals surface area (Å²) in [6.07, 6.45) is 0. The Morgan fingerprint density at radius 1 is 1.86 bits per heavy atom. The van der Waals surface area contributed by atoms with E-state index in [1.54, 1.807) is 0 Å². The maximum absolute atomic E-state index is 9.60. The Morgan fingerprint density at radius 3 is 2.29 bits per heavy atom. The molecule has 0 radical (unpaired) electrons. The molecule has 0 aliphatic carbocycles. The molecule has 3 nitrogen and oxygen atoms in total. The Balaban J connectivity index is 0. The van der Waals surface area contributed by atoms with Gasteiger partial charge in [0, 0.05) is 6.92 Å². The molecule has 5 heteroatoms. The standard InChI is InChI=1S/C2H4O3S.Na/c1-2(3)5-6-4;/h4H,1H3;/q;+1/p-1. The van der Waals surface area contributed by atoms with E-state index < -0.39 is 5.97 Å². The van der Waals surface area contributed by atoms with E-state index in [1.165, 1.54) is 6.92 Å². The number of carbonyl (C=O) groups is 1. The van der Waals surface area contributed by atoms with Gasteiger partial charge < -0.3 is 8.74 Å². The van der Waals surface area contributed by atoms with Gasteiger partial charge in [-0.3, -0.25) is 4.79 Å². The summed E-state index contributed by atoms with van der Waals surface area (Å²) in [6.45, 7) is 1.17. The van der Waals surface area contributed by atoms with E-state index in [-0.39, 0.29) is 41.9 Å². The topological polar surface area (TPSA) is 49.4 Å². The quantitative estimate of drug-likeness (QED) is 0.287. The van der Waals surface area contributed by atoms with Crippen molar-refractivity contribution in [2.75, 3.05) is 0 Å². The van der Waals surface area contributed by atoms with Crippen LogP contribution in [0.15, 0.2) is 0 Å². The van der Waals surface area contributed by atoms with Gasteiger partial charge in [-0.05, 0) is 12.3 Å². The molecule has 36 valence electrons. The molecule has 0 atom stereocenters. The van der Waals surface area contributed by atoms with E-state index >= 15 is 0 Å². The number of hydrogen-bond donors (Lipinski definition) is 0. The number of rotatable bonds is 1. The van der Waals surface area contributed by atoms with Crippen LogP contribution in [-0.4, -0.2) is 10.5 Å². The summed E-state index contributed by atoms with van der Waals surface area (Å²) in [5.74, 6) is -0.560. The first-order valence-corrected chi connectivity index (χ1v) is 1.91. The van der Waals surface area contributed by atoms with Crippen molar-refractivity contribution in [2.24, 2.45) is 0 Å². The van der Waals surface area contributed by atoms with Crippen molar-refractivity contribution in [1.29, 1.82) is 0 Å². The molecule has 0 N–H and O–H groups in total. The van der Waals surface area contributed by atoms with Gasteiger partial charge in [0.1, 0.15) is 0 Å². The molecule has 0 unspecified atom stereocenters. The summed E-state index contributed by atoms with van der Waals surface area (Å²) < 4.78 is 13.0. The average molecular weight is 130 g/mol. The van der Waals surface area contributed by atoms with E-state index in [4.69, 9.17) is 0 Å². The van der Waals surface area contributed by atoms with Gasteiger partial charge >= 0.3 is 35.5 Å². The van der Waals surface area contributed by atoms with Gasteiger partial charge in [-0.2, -0.15) is 0 Å². The van der Waals surface area contributed by atoms with Crippen LogP contribution in [0.4, 0.5) is 0 Å². The number of hydrogen-bond acceptors (Lipinski definition) is 4. The molecule has 0 aliphatic rings. The van der Waals surface area contributed by atoms with Gasteiger partial charge in [0.2, 0.25) is 0 Å². The molecule has 0 aromatic rings. The van der Waals surface area contributed by atoms with Gasteiger partial charge in [0.15, 0.2) is 0 Å². The zero-order chi connectivity index (χ0) is 4.99. The first-order valence-electron chi connectivity index (χ1n) is 1.24. The molecule has 0 heterocycles. The number of carbonyl (C=O) groups excluding carboxylic acids is 1. The van der Waals surface area contributed by atoms with Gasteiger partial charge in [0.05, 0.1) is 0 Å². The summed E-state index contributed by atoms with van der Waals surface area (Å²) in [5, 5.41) is 0. The third-order valence-corrected chi connectivity index (χ3v) is 0.454. The van der Waals surface area contributed by atoms with Crippen LogP contribution >= 0.6 is 12.3 Å². The Hall–Kier alpha value is 0.780. The Kier molecular flexibility index (Phi) is 10.4. The van der Waals surface area contributed by atoms with Crippen LogP contribution in [0.2, 0.25) is 0 Å². The van der Waals surface area contributed by atoms with Crippen molar-refractivity contribution in [2.45, 2.75) is 6.92 Å². The van der Waals surface area contributed by atoms with Gasteiger partial charge in [-0.15, -0.1) is 0 Å². The molecule has 0 bridgehead atoms. The Morgan fingerprint density at radius 2 is 2.29 bits per heavy atom. The smallest absolute Gasteiger partial charge is 0.766 e. The summed E-state index contributed by atoms with van der Waals surface area (Å²) in [4.78, 5) is 9.60. The molecule has 0 fully saturated rings. The fourth-order valence-electron chi connectivity index (χ4n) is 0.0479. The molecule has 0 amide bonds. The minimum Gasteiger partial charge on any atom is -0.766 e. The molecule has 7 heavy (non-hydrogen) atoms. The zero-order valence-corrected chi connectivity index (χ0v) is 6.95. The average Bonchev–Trinajstić information content (AvgIpc) is 1.35. The normalized spacial score (nSPS) is 6.57. The summed E-state index contributed by atoms with van der Waals surface area (Å²) in [6, 6.07) is 0. The molecule has 0 saturated carbocycles. The minimum absolute atomic E-state index is 0. The fourth-order valence-corrected chi connectivity index (χ4v) is 0.144. The molecule has 0 rings (SSSR count). The van der Waals surface area contributed by atoms with E-state index in [9.17, 15) is 9.35 Å². The minimum atomic E-state index is -0.560. The van der Waals surface area contributed by atoms with Crippen LogP contribution in [0, 0.1) is 0 Å². The fraction of sp³-hybridized carbons (Fsp3) is 0.500. The van der Waals surface area contributed by atoms with E-state index in [2.05, 4.69) is 4.18 Å². The van der Waals surface area contributed by atoms with E-state index in [0.29, 0.717) is 0 Å². The molecular formula is C2H3NaO3S. The molecule has 0 aromatic heterocycles. The third kappa shape index (κ3) is 10.8. The van der Waals surface area contributed by atoms with E-state index in [1.807, 2.05) is 0 Å². The van der Waals surface area contributed by atoms with Crippen LogP contribution in [0.5, 0.6) is 0 Å². The summed E-state index contributed by atoms with van der Waals surface area (Å²) in [7, 11) is 0. The van der Waals surface area contributed by atoms with Gasteiger partial charge in [0.25, 0.3) is 0 Å². The third-order valence-electron chi connectivity index (χ3n) is 0.151. The van der Waals surface area contributed by atoms with Crippen molar-refractivity contribution in [1.82, 2.24) is 0 Å². The van der Waals surface area contributed by atoms with Crippen LogP contribution < -0.4 is 29.6 Å². The summed E-state index contributed by atoms with van der Waals surface area (Å²) in [5.41, 5.74) is 0. The monoisotopic (exact) mass is 130 g/mol. The Bertz CT molecular complexity index is 56.9. The largest absolute Gasteiger partial charge is 1.00 e.